The summed E-state index contributed by atoms with van der Waals surface area (Å²) in [6, 6.07) is 14.1. The molecule has 0 spiro atoms. The van der Waals surface area contributed by atoms with Crippen molar-refractivity contribution >= 4 is 11.5 Å². The highest BCUT2D eigenvalue weighted by atomic mass is 15.2. The summed E-state index contributed by atoms with van der Waals surface area (Å²) in [5, 5.41) is 9.11. The van der Waals surface area contributed by atoms with E-state index in [9.17, 15) is 0 Å². The molecule has 0 aliphatic carbocycles. The van der Waals surface area contributed by atoms with Gasteiger partial charge in [-0.15, -0.1) is 0 Å². The van der Waals surface area contributed by atoms with Crippen LogP contribution in [0.5, 0.6) is 0 Å². The van der Waals surface area contributed by atoms with Crippen molar-refractivity contribution in [2.24, 2.45) is 0 Å². The Labute approximate surface area is 99.9 Å². The van der Waals surface area contributed by atoms with Gasteiger partial charge in [-0.05, 0) is 30.2 Å². The molecule has 1 aromatic heterocycles. The van der Waals surface area contributed by atoms with Crippen molar-refractivity contribution in [1.82, 2.24) is 4.98 Å². The monoisotopic (exact) mass is 221 g/mol. The molecule has 82 valence electrons. The molecule has 0 atom stereocenters. The zero-order valence-corrected chi connectivity index (χ0v) is 9.30. The molecule has 1 aliphatic rings. The van der Waals surface area contributed by atoms with Crippen molar-refractivity contribution < 1.29 is 0 Å². The van der Waals surface area contributed by atoms with Crippen LogP contribution in [0.4, 0.5) is 11.5 Å². The fourth-order valence-electron chi connectivity index (χ4n) is 2.26. The largest absolute Gasteiger partial charge is 0.325 e. The molecule has 17 heavy (non-hydrogen) atoms. The van der Waals surface area contributed by atoms with Gasteiger partial charge in [-0.25, -0.2) is 4.98 Å². The van der Waals surface area contributed by atoms with Gasteiger partial charge in [0, 0.05) is 18.4 Å². The number of hydrogen-bond donors (Lipinski definition) is 0. The third kappa shape index (κ3) is 1.55. The molecule has 0 bridgehead atoms. The Bertz CT molecular complexity index is 598. The maximum absolute atomic E-state index is 9.11. The smallest absolute Gasteiger partial charge is 0.150 e. The van der Waals surface area contributed by atoms with Crippen LogP contribution >= 0.6 is 0 Å². The van der Waals surface area contributed by atoms with E-state index in [2.05, 4.69) is 28.1 Å². The van der Waals surface area contributed by atoms with Gasteiger partial charge >= 0.3 is 0 Å². The number of hydrogen-bond acceptors (Lipinski definition) is 3. The van der Waals surface area contributed by atoms with Crippen LogP contribution in [-0.4, -0.2) is 11.5 Å². The summed E-state index contributed by atoms with van der Waals surface area (Å²) >= 11 is 0. The number of anilines is 2. The van der Waals surface area contributed by atoms with E-state index in [-0.39, 0.29) is 0 Å². The maximum atomic E-state index is 9.11. The number of fused-ring (bicyclic) bond motifs is 1. The molecular weight excluding hydrogens is 210 g/mol. The van der Waals surface area contributed by atoms with Crippen molar-refractivity contribution in [3.05, 3.63) is 53.7 Å². The highest BCUT2D eigenvalue weighted by molar-refractivity contribution is 5.71. The van der Waals surface area contributed by atoms with Gasteiger partial charge in [-0.1, -0.05) is 18.2 Å². The van der Waals surface area contributed by atoms with E-state index in [1.54, 1.807) is 12.3 Å². The molecule has 0 saturated heterocycles. The average molecular weight is 221 g/mol. The first-order valence-corrected chi connectivity index (χ1v) is 5.61. The lowest BCUT2D eigenvalue weighted by atomic mass is 10.2. The van der Waals surface area contributed by atoms with Gasteiger partial charge < -0.3 is 4.90 Å². The van der Waals surface area contributed by atoms with Crippen LogP contribution in [0, 0.1) is 11.3 Å². The number of para-hydroxylation sites is 1. The summed E-state index contributed by atoms with van der Waals surface area (Å²) in [5.41, 5.74) is 3.12. The third-order valence-corrected chi connectivity index (χ3v) is 3.05. The van der Waals surface area contributed by atoms with Crippen molar-refractivity contribution in [3.63, 3.8) is 0 Å². The Morgan fingerprint density at radius 1 is 1.18 bits per heavy atom. The molecular formula is C14H11N3. The molecule has 0 unspecified atom stereocenters. The van der Waals surface area contributed by atoms with E-state index in [0.29, 0.717) is 5.56 Å². The number of aromatic nitrogens is 1. The number of benzene rings is 1. The molecule has 2 heterocycles. The Hall–Kier alpha value is -2.34. The van der Waals surface area contributed by atoms with Crippen LogP contribution in [0.15, 0.2) is 42.6 Å². The van der Waals surface area contributed by atoms with E-state index in [1.165, 1.54) is 11.3 Å². The Balaban J connectivity index is 2.11. The Kier molecular flexibility index (Phi) is 2.27. The van der Waals surface area contributed by atoms with Gasteiger partial charge in [-0.2, -0.15) is 5.26 Å². The molecule has 0 N–H and O–H groups in total. The Morgan fingerprint density at radius 2 is 2.06 bits per heavy atom. The molecule has 0 saturated carbocycles. The lowest BCUT2D eigenvalue weighted by Crippen LogP contribution is -2.16. The lowest BCUT2D eigenvalue weighted by Gasteiger charge is -2.18. The van der Waals surface area contributed by atoms with Gasteiger partial charge in [0.05, 0.1) is 5.56 Å². The highest BCUT2D eigenvalue weighted by Crippen LogP contribution is 2.34. The first kappa shape index (κ1) is 9.86. The van der Waals surface area contributed by atoms with Gasteiger partial charge in [0.25, 0.3) is 0 Å². The van der Waals surface area contributed by atoms with Gasteiger partial charge in [0.1, 0.15) is 6.07 Å². The second-order valence-corrected chi connectivity index (χ2v) is 4.02. The quantitative estimate of drug-likeness (QED) is 0.743. The topological polar surface area (TPSA) is 39.9 Å². The zero-order chi connectivity index (χ0) is 11.7. The minimum absolute atomic E-state index is 0.629. The second-order valence-electron chi connectivity index (χ2n) is 4.02. The average Bonchev–Trinajstić information content (AvgIpc) is 2.82. The predicted molar refractivity (Wildman–Crippen MR) is 66.1 cm³/mol. The highest BCUT2D eigenvalue weighted by Gasteiger charge is 2.22. The van der Waals surface area contributed by atoms with Gasteiger partial charge in [0.2, 0.25) is 0 Å². The van der Waals surface area contributed by atoms with Crippen LogP contribution in [0.1, 0.15) is 11.1 Å². The van der Waals surface area contributed by atoms with Crippen LogP contribution in [0.3, 0.4) is 0 Å². The van der Waals surface area contributed by atoms with E-state index < -0.39 is 0 Å². The van der Waals surface area contributed by atoms with Gasteiger partial charge in [0.15, 0.2) is 5.82 Å². The number of rotatable bonds is 1. The van der Waals surface area contributed by atoms with Crippen molar-refractivity contribution in [2.75, 3.05) is 11.4 Å². The molecule has 1 aromatic carbocycles. The third-order valence-electron chi connectivity index (χ3n) is 3.05. The summed E-state index contributed by atoms with van der Waals surface area (Å²) in [4.78, 5) is 6.45. The first-order chi connectivity index (χ1) is 8.40. The van der Waals surface area contributed by atoms with Crippen molar-refractivity contribution in [2.45, 2.75) is 6.42 Å². The van der Waals surface area contributed by atoms with Crippen molar-refractivity contribution in [3.8, 4) is 6.07 Å². The van der Waals surface area contributed by atoms with Gasteiger partial charge in [-0.3, -0.25) is 0 Å². The van der Waals surface area contributed by atoms with Crippen LogP contribution in [0.25, 0.3) is 0 Å². The van der Waals surface area contributed by atoms with E-state index in [0.717, 1.165) is 18.8 Å². The molecule has 3 rings (SSSR count). The SMILES string of the molecule is N#Cc1cccnc1N1CCc2ccccc21. The molecule has 2 aromatic rings. The zero-order valence-electron chi connectivity index (χ0n) is 9.30. The standard InChI is InChI=1S/C14H11N3/c15-10-12-5-3-8-16-14(12)17-9-7-11-4-1-2-6-13(11)17/h1-6,8H,7,9H2. The Morgan fingerprint density at radius 3 is 2.94 bits per heavy atom. The normalized spacial score (nSPS) is 13.2. The summed E-state index contributed by atoms with van der Waals surface area (Å²) in [6.45, 7) is 0.894. The number of nitriles is 1. The molecule has 0 fully saturated rings. The fraction of sp³-hybridized carbons (Fsp3) is 0.143. The molecule has 0 amide bonds. The lowest BCUT2D eigenvalue weighted by molar-refractivity contribution is 0.971. The molecule has 3 nitrogen and oxygen atoms in total. The summed E-state index contributed by atoms with van der Waals surface area (Å²) in [6.07, 6.45) is 2.74. The van der Waals surface area contributed by atoms with E-state index in [1.807, 2.05) is 18.2 Å². The molecule has 3 heteroatoms. The van der Waals surface area contributed by atoms with E-state index in [4.69, 9.17) is 5.26 Å². The second kappa shape index (κ2) is 3.91. The minimum atomic E-state index is 0.629. The fourth-order valence-corrected chi connectivity index (χ4v) is 2.26. The summed E-state index contributed by atoms with van der Waals surface area (Å²) in [5.74, 6) is 0.764. The maximum Gasteiger partial charge on any atom is 0.150 e. The van der Waals surface area contributed by atoms with E-state index >= 15 is 0 Å². The van der Waals surface area contributed by atoms with Crippen LogP contribution < -0.4 is 4.90 Å². The number of nitrogens with zero attached hydrogens (tertiary/aromatic N) is 3. The van der Waals surface area contributed by atoms with Crippen molar-refractivity contribution in [1.29, 1.82) is 5.26 Å². The van der Waals surface area contributed by atoms with Crippen LogP contribution in [0.2, 0.25) is 0 Å². The molecule has 0 radical (unpaired) electrons. The summed E-state index contributed by atoms with van der Waals surface area (Å²) in [7, 11) is 0. The summed E-state index contributed by atoms with van der Waals surface area (Å²) < 4.78 is 0. The number of pyridine rings is 1. The predicted octanol–water partition coefficient (Wildman–Crippen LogP) is 2.65. The minimum Gasteiger partial charge on any atom is -0.325 e. The first-order valence-electron chi connectivity index (χ1n) is 5.61. The van der Waals surface area contributed by atoms with Crippen LogP contribution in [-0.2, 0) is 6.42 Å². The molecule has 1 aliphatic heterocycles.